The van der Waals surface area contributed by atoms with E-state index >= 15 is 0 Å². The fourth-order valence-electron chi connectivity index (χ4n) is 4.26. The number of thioether (sulfide) groups is 1. The number of aliphatic imine (C=N–C) groups is 1. The molecule has 1 fully saturated rings. The third-order valence-corrected chi connectivity index (χ3v) is 6.98. The van der Waals surface area contributed by atoms with Crippen molar-refractivity contribution in [2.45, 2.75) is 20.4 Å². The molecular weight excluding hydrogens is 488 g/mol. The summed E-state index contributed by atoms with van der Waals surface area (Å²) >= 11 is 1.30. The molecule has 1 aliphatic heterocycles. The summed E-state index contributed by atoms with van der Waals surface area (Å²) in [5, 5.41) is 15.4. The first kappa shape index (κ1) is 24.3. The molecule has 2 heterocycles. The maximum absolute atomic E-state index is 12.8. The lowest BCUT2D eigenvalue weighted by molar-refractivity contribution is -0.384. The minimum Gasteiger partial charge on any atom is -0.494 e. The number of rotatable bonds is 7. The summed E-state index contributed by atoms with van der Waals surface area (Å²) in [6.07, 6.45) is 1.91. The number of nitrogens with one attached hydrogen (secondary N) is 1. The topological polar surface area (TPSA) is 98.8 Å². The van der Waals surface area contributed by atoms with Crippen LogP contribution >= 0.6 is 11.8 Å². The van der Waals surface area contributed by atoms with Gasteiger partial charge in [-0.25, -0.2) is 4.99 Å². The number of ether oxygens (including phenoxy) is 1. The third-order valence-electron chi connectivity index (χ3n) is 6.07. The Bertz CT molecular complexity index is 1550. The average molecular weight is 513 g/mol. The van der Waals surface area contributed by atoms with Gasteiger partial charge < -0.3 is 14.6 Å². The van der Waals surface area contributed by atoms with Gasteiger partial charge in [0.2, 0.25) is 0 Å². The van der Waals surface area contributed by atoms with E-state index < -0.39 is 4.92 Å². The Morgan fingerprint density at radius 2 is 1.81 bits per heavy atom. The summed E-state index contributed by atoms with van der Waals surface area (Å²) in [7, 11) is 0. The molecule has 0 spiro atoms. The van der Waals surface area contributed by atoms with Crippen LogP contribution in [0.1, 0.15) is 23.7 Å². The van der Waals surface area contributed by atoms with Crippen LogP contribution in [0.5, 0.6) is 5.75 Å². The zero-order chi connectivity index (χ0) is 25.9. The number of amides is 1. The van der Waals surface area contributed by atoms with Gasteiger partial charge in [-0.2, -0.15) is 0 Å². The van der Waals surface area contributed by atoms with Gasteiger partial charge in [0.05, 0.1) is 22.1 Å². The van der Waals surface area contributed by atoms with Gasteiger partial charge in [0.15, 0.2) is 5.17 Å². The van der Waals surface area contributed by atoms with Crippen molar-refractivity contribution in [3.63, 3.8) is 0 Å². The van der Waals surface area contributed by atoms with Crippen LogP contribution < -0.4 is 10.1 Å². The highest BCUT2D eigenvalue weighted by Crippen LogP contribution is 2.34. The fourth-order valence-corrected chi connectivity index (χ4v) is 5.09. The van der Waals surface area contributed by atoms with Crippen molar-refractivity contribution in [2.75, 3.05) is 6.61 Å². The zero-order valence-electron chi connectivity index (χ0n) is 20.3. The normalized spacial score (nSPS) is 15.5. The second-order valence-corrected chi connectivity index (χ2v) is 9.47. The number of para-hydroxylation sites is 1. The number of non-ortho nitro benzene ring substituents is 1. The predicted molar refractivity (Wildman–Crippen MR) is 147 cm³/mol. The van der Waals surface area contributed by atoms with E-state index in [0.29, 0.717) is 23.2 Å². The summed E-state index contributed by atoms with van der Waals surface area (Å²) in [5.41, 5.74) is 4.72. The van der Waals surface area contributed by atoms with Crippen LogP contribution in [0.4, 0.5) is 11.4 Å². The van der Waals surface area contributed by atoms with Crippen LogP contribution in [0.2, 0.25) is 0 Å². The SMILES string of the molecule is CCOc1ccc(N=C2NC(=O)/C(=C\c3c(C)n(Cc4ccc([N+](=O)[O-])cc4)c4ccccc34)S2)cc1. The number of carbonyl (C=O) groups excluding carboxylic acids is 1. The van der Waals surface area contributed by atoms with Crippen molar-refractivity contribution in [2.24, 2.45) is 4.99 Å². The first-order chi connectivity index (χ1) is 17.9. The Morgan fingerprint density at radius 3 is 2.51 bits per heavy atom. The van der Waals surface area contributed by atoms with E-state index in [4.69, 9.17) is 4.74 Å². The number of aromatic nitrogens is 1. The molecule has 9 heteroatoms. The van der Waals surface area contributed by atoms with Crippen molar-refractivity contribution in [1.82, 2.24) is 9.88 Å². The van der Waals surface area contributed by atoms with Crippen LogP contribution in [-0.4, -0.2) is 27.2 Å². The van der Waals surface area contributed by atoms with Crippen molar-refractivity contribution < 1.29 is 14.5 Å². The van der Waals surface area contributed by atoms with Crippen molar-refractivity contribution >= 4 is 51.2 Å². The molecule has 0 atom stereocenters. The lowest BCUT2D eigenvalue weighted by Crippen LogP contribution is -2.19. The molecule has 0 bridgehead atoms. The molecule has 0 saturated carbocycles. The van der Waals surface area contributed by atoms with Crippen LogP contribution in [0, 0.1) is 17.0 Å². The number of hydrogen-bond donors (Lipinski definition) is 1. The van der Waals surface area contributed by atoms with Gasteiger partial charge in [0.25, 0.3) is 11.6 Å². The molecule has 1 N–H and O–H groups in total. The van der Waals surface area contributed by atoms with Gasteiger partial charge in [-0.15, -0.1) is 0 Å². The molecule has 1 aromatic heterocycles. The average Bonchev–Trinajstić information content (AvgIpc) is 3.37. The third kappa shape index (κ3) is 5.12. The number of fused-ring (bicyclic) bond motifs is 1. The summed E-state index contributed by atoms with van der Waals surface area (Å²) < 4.78 is 7.63. The fraction of sp³-hybridized carbons (Fsp3) is 0.143. The number of benzene rings is 3. The summed E-state index contributed by atoms with van der Waals surface area (Å²) in [5.74, 6) is 0.581. The monoisotopic (exact) mass is 512 g/mol. The molecule has 8 nitrogen and oxygen atoms in total. The highest BCUT2D eigenvalue weighted by atomic mass is 32.2. The largest absolute Gasteiger partial charge is 0.494 e. The summed E-state index contributed by atoms with van der Waals surface area (Å²) in [4.78, 5) is 28.5. The Morgan fingerprint density at radius 1 is 1.08 bits per heavy atom. The number of hydrogen-bond acceptors (Lipinski definition) is 6. The van der Waals surface area contributed by atoms with E-state index in [0.717, 1.165) is 39.2 Å². The van der Waals surface area contributed by atoms with E-state index in [2.05, 4.69) is 14.9 Å². The number of nitro groups is 1. The molecule has 0 unspecified atom stereocenters. The Hall–Kier alpha value is -4.37. The van der Waals surface area contributed by atoms with E-state index in [1.807, 2.05) is 68.5 Å². The quantitative estimate of drug-likeness (QED) is 0.181. The van der Waals surface area contributed by atoms with Gasteiger partial charge >= 0.3 is 0 Å². The number of nitro benzene ring substituents is 1. The van der Waals surface area contributed by atoms with E-state index in [9.17, 15) is 14.9 Å². The molecule has 1 aliphatic rings. The first-order valence-electron chi connectivity index (χ1n) is 11.8. The van der Waals surface area contributed by atoms with Gasteiger partial charge in [0.1, 0.15) is 5.75 Å². The Labute approximate surface area is 217 Å². The maximum atomic E-state index is 12.8. The van der Waals surface area contributed by atoms with Gasteiger partial charge in [-0.05, 0) is 67.6 Å². The molecule has 3 aromatic carbocycles. The summed E-state index contributed by atoms with van der Waals surface area (Å²) in [6.45, 7) is 5.10. The van der Waals surface area contributed by atoms with Crippen LogP contribution in [-0.2, 0) is 11.3 Å². The lowest BCUT2D eigenvalue weighted by Gasteiger charge is -2.09. The van der Waals surface area contributed by atoms with Crippen molar-refractivity contribution in [3.8, 4) is 5.75 Å². The molecule has 5 rings (SSSR count). The van der Waals surface area contributed by atoms with Gasteiger partial charge in [-0.1, -0.05) is 30.3 Å². The van der Waals surface area contributed by atoms with Gasteiger partial charge in [0, 0.05) is 40.8 Å². The van der Waals surface area contributed by atoms with E-state index in [1.165, 1.54) is 23.9 Å². The second-order valence-electron chi connectivity index (χ2n) is 8.43. The number of nitrogens with zero attached hydrogens (tertiary/aromatic N) is 3. The minimum absolute atomic E-state index is 0.0650. The number of carbonyl (C=O) groups is 1. The second kappa shape index (κ2) is 10.3. The molecular formula is C28H24N4O4S. The van der Waals surface area contributed by atoms with Crippen LogP contribution in [0.25, 0.3) is 17.0 Å². The standard InChI is InChI=1S/C28H24N4O4S/c1-3-36-22-14-10-20(11-15-22)29-28-30-27(33)26(37-28)16-24-18(2)31(25-7-5-4-6-23(24)25)17-19-8-12-21(13-9-19)32(34)35/h4-16H,3,17H2,1-2H3,(H,29,30,33)/b26-16+. The predicted octanol–water partition coefficient (Wildman–Crippen LogP) is 6.20. The van der Waals surface area contributed by atoms with Crippen LogP contribution in [0.3, 0.4) is 0 Å². The van der Waals surface area contributed by atoms with Gasteiger partial charge in [-0.3, -0.25) is 14.9 Å². The Balaban J connectivity index is 1.45. The Kier molecular flexibility index (Phi) is 6.78. The molecule has 0 aliphatic carbocycles. The first-order valence-corrected chi connectivity index (χ1v) is 12.6. The van der Waals surface area contributed by atoms with E-state index in [1.54, 1.807) is 12.1 Å². The van der Waals surface area contributed by atoms with E-state index in [-0.39, 0.29) is 11.6 Å². The highest BCUT2D eigenvalue weighted by Gasteiger charge is 2.25. The molecule has 4 aromatic rings. The molecule has 1 saturated heterocycles. The zero-order valence-corrected chi connectivity index (χ0v) is 21.1. The molecule has 1 amide bonds. The van der Waals surface area contributed by atoms with Crippen molar-refractivity contribution in [3.05, 3.63) is 105 Å². The highest BCUT2D eigenvalue weighted by molar-refractivity contribution is 8.18. The van der Waals surface area contributed by atoms with Crippen molar-refractivity contribution in [1.29, 1.82) is 0 Å². The molecule has 0 radical (unpaired) electrons. The smallest absolute Gasteiger partial charge is 0.269 e. The molecule has 186 valence electrons. The summed E-state index contributed by atoms with van der Waals surface area (Å²) in [6, 6.07) is 22.0. The van der Waals surface area contributed by atoms with Crippen LogP contribution in [0.15, 0.2) is 82.7 Å². The maximum Gasteiger partial charge on any atom is 0.269 e. The minimum atomic E-state index is -0.401. The number of amidine groups is 1. The molecule has 37 heavy (non-hydrogen) atoms. The lowest BCUT2D eigenvalue weighted by atomic mass is 10.1.